The Morgan fingerprint density at radius 3 is 2.85 bits per heavy atom. The largest absolute Gasteiger partial charge is 0.393 e. The van der Waals surface area contributed by atoms with Crippen molar-refractivity contribution in [2.45, 2.75) is 64.6 Å². The minimum atomic E-state index is -0.228. The monoisotopic (exact) mass is 295 g/mol. The first-order chi connectivity index (χ1) is 9.56. The molecule has 2 rings (SSSR count). The van der Waals surface area contributed by atoms with Crippen molar-refractivity contribution in [3.05, 3.63) is 34.3 Å². The maximum absolute atomic E-state index is 9.72. The van der Waals surface area contributed by atoms with Gasteiger partial charge in [-0.2, -0.15) is 0 Å². The third-order valence-corrected chi connectivity index (χ3v) is 4.55. The van der Waals surface area contributed by atoms with Crippen molar-refractivity contribution in [2.75, 3.05) is 6.54 Å². The quantitative estimate of drug-likeness (QED) is 0.901. The van der Waals surface area contributed by atoms with Crippen LogP contribution in [-0.4, -0.2) is 28.7 Å². The Bertz CT molecular complexity index is 433. The fourth-order valence-electron chi connectivity index (χ4n) is 3.10. The molecule has 1 aromatic rings. The van der Waals surface area contributed by atoms with Gasteiger partial charge in [-0.15, -0.1) is 0 Å². The summed E-state index contributed by atoms with van der Waals surface area (Å²) in [6, 6.07) is 6.79. The first kappa shape index (κ1) is 15.8. The van der Waals surface area contributed by atoms with E-state index in [2.05, 4.69) is 24.0 Å². The first-order valence-electron chi connectivity index (χ1n) is 7.73. The molecule has 1 aliphatic rings. The van der Waals surface area contributed by atoms with E-state index in [1.807, 2.05) is 13.0 Å². The second-order valence-electron chi connectivity index (χ2n) is 6.15. The van der Waals surface area contributed by atoms with Crippen molar-refractivity contribution in [1.29, 1.82) is 0 Å². The van der Waals surface area contributed by atoms with Gasteiger partial charge in [-0.3, -0.25) is 4.90 Å². The smallest absolute Gasteiger partial charge is 0.0527 e. The molecule has 0 amide bonds. The van der Waals surface area contributed by atoms with Crippen LogP contribution in [0.5, 0.6) is 0 Å². The topological polar surface area (TPSA) is 23.5 Å². The molecule has 1 aromatic carbocycles. The van der Waals surface area contributed by atoms with E-state index in [4.69, 9.17) is 11.6 Å². The van der Waals surface area contributed by atoms with E-state index >= 15 is 0 Å². The van der Waals surface area contributed by atoms with E-state index in [1.54, 1.807) is 0 Å². The van der Waals surface area contributed by atoms with Crippen molar-refractivity contribution >= 4 is 11.6 Å². The van der Waals surface area contributed by atoms with E-state index in [9.17, 15) is 5.11 Å². The maximum atomic E-state index is 9.72. The van der Waals surface area contributed by atoms with E-state index in [0.717, 1.165) is 24.5 Å². The van der Waals surface area contributed by atoms with Gasteiger partial charge in [0.2, 0.25) is 0 Å². The Morgan fingerprint density at radius 2 is 2.15 bits per heavy atom. The van der Waals surface area contributed by atoms with Crippen molar-refractivity contribution < 1.29 is 5.11 Å². The number of nitrogens with zero attached hydrogens (tertiary/aromatic N) is 1. The first-order valence-corrected chi connectivity index (χ1v) is 8.11. The second-order valence-corrected chi connectivity index (χ2v) is 6.56. The molecule has 112 valence electrons. The molecule has 0 saturated carbocycles. The van der Waals surface area contributed by atoms with Crippen LogP contribution in [0.1, 0.15) is 50.2 Å². The molecular formula is C17H26ClNO. The molecular weight excluding hydrogens is 270 g/mol. The number of hydrogen-bond donors (Lipinski definition) is 1. The minimum absolute atomic E-state index is 0.228. The van der Waals surface area contributed by atoms with Crippen LogP contribution in [0.15, 0.2) is 18.2 Å². The number of aliphatic hydroxyl groups excluding tert-OH is 1. The number of halogens is 1. The zero-order valence-electron chi connectivity index (χ0n) is 12.6. The number of aliphatic hydroxyl groups is 1. The molecule has 2 nitrogen and oxygen atoms in total. The number of hydrogen-bond acceptors (Lipinski definition) is 2. The molecule has 1 heterocycles. The van der Waals surface area contributed by atoms with Crippen LogP contribution in [0, 0.1) is 6.92 Å². The summed E-state index contributed by atoms with van der Waals surface area (Å²) in [7, 11) is 0. The fourth-order valence-corrected chi connectivity index (χ4v) is 3.40. The standard InChI is InChI=1S/C17H26ClNO/c1-13-7-8-15(17(18)10-13)12-19-9-5-3-4-6-16(19)11-14(2)20/h7-8,10,14,16,20H,3-6,9,11-12H2,1-2H3. The summed E-state index contributed by atoms with van der Waals surface area (Å²) in [5.74, 6) is 0. The van der Waals surface area contributed by atoms with Crippen LogP contribution < -0.4 is 0 Å². The lowest BCUT2D eigenvalue weighted by Crippen LogP contribution is -2.36. The molecule has 0 radical (unpaired) electrons. The highest BCUT2D eigenvalue weighted by molar-refractivity contribution is 6.31. The molecule has 1 fully saturated rings. The minimum Gasteiger partial charge on any atom is -0.393 e. The average Bonchev–Trinajstić information content (AvgIpc) is 2.58. The van der Waals surface area contributed by atoms with Crippen LogP contribution in [0.2, 0.25) is 5.02 Å². The van der Waals surface area contributed by atoms with Crippen molar-refractivity contribution in [2.24, 2.45) is 0 Å². The Balaban J connectivity index is 2.10. The van der Waals surface area contributed by atoms with Crippen LogP contribution in [0.25, 0.3) is 0 Å². The molecule has 1 N–H and O–H groups in total. The number of likely N-dealkylation sites (tertiary alicyclic amines) is 1. The molecule has 3 heteroatoms. The highest BCUT2D eigenvalue weighted by Crippen LogP contribution is 2.25. The Labute approximate surface area is 127 Å². The number of aryl methyl sites for hydroxylation is 1. The van der Waals surface area contributed by atoms with Gasteiger partial charge in [0.25, 0.3) is 0 Å². The summed E-state index contributed by atoms with van der Waals surface area (Å²) in [5.41, 5.74) is 2.41. The van der Waals surface area contributed by atoms with Crippen molar-refractivity contribution in [1.82, 2.24) is 4.90 Å². The maximum Gasteiger partial charge on any atom is 0.0527 e. The van der Waals surface area contributed by atoms with Crippen LogP contribution in [0.4, 0.5) is 0 Å². The van der Waals surface area contributed by atoms with Gasteiger partial charge in [-0.25, -0.2) is 0 Å². The van der Waals surface area contributed by atoms with Crippen molar-refractivity contribution in [3.63, 3.8) is 0 Å². The van der Waals surface area contributed by atoms with Gasteiger partial charge >= 0.3 is 0 Å². The van der Waals surface area contributed by atoms with E-state index < -0.39 is 0 Å². The molecule has 2 unspecified atom stereocenters. The van der Waals surface area contributed by atoms with Gasteiger partial charge in [0.15, 0.2) is 0 Å². The van der Waals surface area contributed by atoms with Gasteiger partial charge < -0.3 is 5.11 Å². The molecule has 0 spiro atoms. The third-order valence-electron chi connectivity index (χ3n) is 4.19. The Kier molecular flexibility index (Phi) is 5.88. The highest BCUT2D eigenvalue weighted by Gasteiger charge is 2.23. The van der Waals surface area contributed by atoms with Crippen LogP contribution in [-0.2, 0) is 6.54 Å². The van der Waals surface area contributed by atoms with Crippen LogP contribution in [0.3, 0.4) is 0 Å². The Hall–Kier alpha value is -0.570. The normalized spacial score (nSPS) is 22.5. The molecule has 0 aliphatic carbocycles. The van der Waals surface area contributed by atoms with Crippen LogP contribution >= 0.6 is 11.6 Å². The highest BCUT2D eigenvalue weighted by atomic mass is 35.5. The number of benzene rings is 1. The predicted molar refractivity (Wildman–Crippen MR) is 85.2 cm³/mol. The fraction of sp³-hybridized carbons (Fsp3) is 0.647. The summed E-state index contributed by atoms with van der Waals surface area (Å²) in [6.07, 6.45) is 5.65. The summed E-state index contributed by atoms with van der Waals surface area (Å²) >= 11 is 6.37. The summed E-state index contributed by atoms with van der Waals surface area (Å²) in [5, 5.41) is 10.6. The van der Waals surface area contributed by atoms with Gasteiger partial charge in [0.05, 0.1) is 6.10 Å². The lowest BCUT2D eigenvalue weighted by Gasteiger charge is -2.31. The van der Waals surface area contributed by atoms with E-state index in [0.29, 0.717) is 6.04 Å². The lowest BCUT2D eigenvalue weighted by molar-refractivity contribution is 0.108. The van der Waals surface area contributed by atoms with E-state index in [1.165, 1.54) is 36.8 Å². The lowest BCUT2D eigenvalue weighted by atomic mass is 10.0. The van der Waals surface area contributed by atoms with Gasteiger partial charge in [-0.05, 0) is 56.8 Å². The third kappa shape index (κ3) is 4.47. The second kappa shape index (κ2) is 7.44. The van der Waals surface area contributed by atoms with Crippen molar-refractivity contribution in [3.8, 4) is 0 Å². The molecule has 0 aromatic heterocycles. The SMILES string of the molecule is Cc1ccc(CN2CCCCCC2CC(C)O)c(Cl)c1. The summed E-state index contributed by atoms with van der Waals surface area (Å²) in [4.78, 5) is 2.51. The average molecular weight is 296 g/mol. The number of rotatable bonds is 4. The summed E-state index contributed by atoms with van der Waals surface area (Å²) in [6.45, 7) is 5.97. The molecule has 0 bridgehead atoms. The molecule has 1 saturated heterocycles. The molecule has 1 aliphatic heterocycles. The summed E-state index contributed by atoms with van der Waals surface area (Å²) < 4.78 is 0. The van der Waals surface area contributed by atoms with E-state index in [-0.39, 0.29) is 6.10 Å². The molecule has 2 atom stereocenters. The molecule has 20 heavy (non-hydrogen) atoms. The zero-order valence-corrected chi connectivity index (χ0v) is 13.4. The van der Waals surface area contributed by atoms with Gasteiger partial charge in [0.1, 0.15) is 0 Å². The zero-order chi connectivity index (χ0) is 14.5. The van der Waals surface area contributed by atoms with Gasteiger partial charge in [0, 0.05) is 17.6 Å². The Morgan fingerprint density at radius 1 is 1.35 bits per heavy atom. The predicted octanol–water partition coefficient (Wildman–Crippen LogP) is 4.16. The van der Waals surface area contributed by atoms with Gasteiger partial charge in [-0.1, -0.05) is 36.6 Å².